The summed E-state index contributed by atoms with van der Waals surface area (Å²) in [6.45, 7) is 1.64. The fraction of sp³-hybridized carbons (Fsp3) is 0.385. The van der Waals surface area contributed by atoms with Crippen molar-refractivity contribution in [2.75, 3.05) is 18.0 Å². The number of fused-ring (bicyclic) bond motifs is 2. The van der Waals surface area contributed by atoms with E-state index < -0.39 is 23.8 Å². The van der Waals surface area contributed by atoms with Gasteiger partial charge in [-0.15, -0.1) is 0 Å². The zero-order valence-electron chi connectivity index (χ0n) is 18.8. The zero-order chi connectivity index (χ0) is 23.6. The summed E-state index contributed by atoms with van der Waals surface area (Å²) in [6, 6.07) is 12.8. The molecule has 2 fully saturated rings. The number of hydrogen-bond acceptors (Lipinski definition) is 6. The molecule has 8 heteroatoms. The normalized spacial score (nSPS) is 25.6. The molecule has 3 heterocycles. The maximum Gasteiger partial charge on any atom is 0.262 e. The molecule has 0 bridgehead atoms. The molecule has 174 valence electrons. The molecule has 1 aliphatic carbocycles. The summed E-state index contributed by atoms with van der Waals surface area (Å²) in [5.41, 5.74) is 10.9. The molecule has 2 unspecified atom stereocenters. The van der Waals surface area contributed by atoms with Gasteiger partial charge in [-0.25, -0.2) is 0 Å². The lowest BCUT2D eigenvalue weighted by Gasteiger charge is -2.43. The van der Waals surface area contributed by atoms with Gasteiger partial charge in [0, 0.05) is 31.2 Å². The van der Waals surface area contributed by atoms with E-state index in [0.717, 1.165) is 42.9 Å². The molecule has 2 aromatic rings. The lowest BCUT2D eigenvalue weighted by Crippen LogP contribution is -2.54. The Balaban J connectivity index is 1.20. The van der Waals surface area contributed by atoms with Crippen LogP contribution < -0.4 is 16.0 Å². The second kappa shape index (κ2) is 7.50. The van der Waals surface area contributed by atoms with Crippen LogP contribution >= 0.6 is 0 Å². The highest BCUT2D eigenvalue weighted by molar-refractivity contribution is 6.23. The zero-order valence-corrected chi connectivity index (χ0v) is 18.8. The Morgan fingerprint density at radius 2 is 1.68 bits per heavy atom. The van der Waals surface area contributed by atoms with Crippen LogP contribution in [-0.4, -0.2) is 47.7 Å². The van der Waals surface area contributed by atoms with E-state index in [9.17, 15) is 19.2 Å². The molecule has 4 amide bonds. The van der Waals surface area contributed by atoms with Crippen LogP contribution in [0.4, 0.5) is 5.69 Å². The summed E-state index contributed by atoms with van der Waals surface area (Å²) in [7, 11) is 0. The number of hydrogen-bond donors (Lipinski definition) is 2. The van der Waals surface area contributed by atoms with Crippen molar-refractivity contribution in [3.05, 3.63) is 64.7 Å². The van der Waals surface area contributed by atoms with E-state index in [2.05, 4.69) is 28.4 Å². The minimum atomic E-state index is -0.950. The summed E-state index contributed by atoms with van der Waals surface area (Å²) in [4.78, 5) is 53.1. The molecule has 2 saturated heterocycles. The molecule has 8 nitrogen and oxygen atoms in total. The van der Waals surface area contributed by atoms with Gasteiger partial charge in [0.05, 0.1) is 11.1 Å². The van der Waals surface area contributed by atoms with Gasteiger partial charge in [0.15, 0.2) is 0 Å². The van der Waals surface area contributed by atoms with Gasteiger partial charge in [-0.2, -0.15) is 0 Å². The Labute approximate surface area is 197 Å². The molecule has 34 heavy (non-hydrogen) atoms. The predicted octanol–water partition coefficient (Wildman–Crippen LogP) is 1.93. The summed E-state index contributed by atoms with van der Waals surface area (Å²) < 4.78 is 0. The molecule has 2 aromatic carbocycles. The van der Waals surface area contributed by atoms with E-state index in [0.29, 0.717) is 11.1 Å². The third kappa shape index (κ3) is 3.01. The van der Waals surface area contributed by atoms with Crippen molar-refractivity contribution in [1.29, 1.82) is 0 Å². The van der Waals surface area contributed by atoms with E-state index in [1.54, 1.807) is 12.1 Å². The minimum Gasteiger partial charge on any atom is -0.371 e. The van der Waals surface area contributed by atoms with Gasteiger partial charge in [-0.1, -0.05) is 24.3 Å². The van der Waals surface area contributed by atoms with Crippen molar-refractivity contribution in [1.82, 2.24) is 10.2 Å². The number of anilines is 1. The first-order valence-corrected chi connectivity index (χ1v) is 11.8. The van der Waals surface area contributed by atoms with Crippen LogP contribution in [0.3, 0.4) is 0 Å². The van der Waals surface area contributed by atoms with Crippen LogP contribution in [0.15, 0.2) is 42.5 Å². The van der Waals surface area contributed by atoms with Crippen LogP contribution in [0.1, 0.15) is 63.6 Å². The standard InChI is InChI=1S/C26H26N4O4/c27-22-17-4-2-1-3-15(17)14-26(22)9-11-29(12-10-26)16-5-6-18-19(13-16)25(34)30(24(18)33)20-7-8-21(31)28-23(20)32/h1-6,13,20,22H,7-12,14,27H2,(H,28,31,32). The molecule has 0 saturated carbocycles. The number of imide groups is 2. The summed E-state index contributed by atoms with van der Waals surface area (Å²) in [5, 5.41) is 2.23. The topological polar surface area (TPSA) is 113 Å². The highest BCUT2D eigenvalue weighted by Crippen LogP contribution is 2.51. The fourth-order valence-corrected chi connectivity index (χ4v) is 6.17. The molecule has 1 spiro atoms. The molecule has 3 aliphatic heterocycles. The maximum absolute atomic E-state index is 13.1. The van der Waals surface area contributed by atoms with Crippen molar-refractivity contribution < 1.29 is 19.2 Å². The predicted molar refractivity (Wildman–Crippen MR) is 124 cm³/mol. The molecule has 3 N–H and O–H groups in total. The number of carbonyl (C=O) groups is 4. The van der Waals surface area contributed by atoms with Crippen LogP contribution in [0, 0.1) is 5.41 Å². The van der Waals surface area contributed by atoms with E-state index in [1.807, 2.05) is 12.1 Å². The van der Waals surface area contributed by atoms with Gasteiger partial charge in [0.2, 0.25) is 11.8 Å². The first kappa shape index (κ1) is 21.0. The number of piperidine rings is 2. The van der Waals surface area contributed by atoms with E-state index in [-0.39, 0.29) is 30.2 Å². The Morgan fingerprint density at radius 1 is 0.941 bits per heavy atom. The molecular weight excluding hydrogens is 432 g/mol. The van der Waals surface area contributed by atoms with Gasteiger partial charge >= 0.3 is 0 Å². The number of amides is 4. The fourth-order valence-electron chi connectivity index (χ4n) is 6.17. The average molecular weight is 459 g/mol. The monoisotopic (exact) mass is 458 g/mol. The van der Waals surface area contributed by atoms with Gasteiger partial charge in [0.1, 0.15) is 6.04 Å². The lowest BCUT2D eigenvalue weighted by atomic mass is 9.73. The highest BCUT2D eigenvalue weighted by atomic mass is 16.2. The first-order valence-electron chi connectivity index (χ1n) is 11.8. The molecule has 2 atom stereocenters. The number of nitrogens with zero attached hydrogens (tertiary/aromatic N) is 2. The SMILES string of the molecule is NC1c2ccccc2CC12CCN(c1ccc3c(c1)C(=O)N(C1CCC(=O)NC1=O)C3=O)CC2. The number of rotatable bonds is 2. The molecule has 0 aromatic heterocycles. The summed E-state index contributed by atoms with van der Waals surface area (Å²) in [6.07, 6.45) is 3.16. The van der Waals surface area contributed by atoms with Crippen molar-refractivity contribution in [3.63, 3.8) is 0 Å². The van der Waals surface area contributed by atoms with E-state index in [4.69, 9.17) is 5.73 Å². The number of nitrogens with two attached hydrogens (primary N) is 1. The third-order valence-electron chi connectivity index (χ3n) is 8.14. The van der Waals surface area contributed by atoms with Crippen LogP contribution in [-0.2, 0) is 16.0 Å². The summed E-state index contributed by atoms with van der Waals surface area (Å²) >= 11 is 0. The van der Waals surface area contributed by atoms with Gasteiger partial charge in [-0.05, 0) is 60.4 Å². The Hall–Kier alpha value is -3.52. The lowest BCUT2D eigenvalue weighted by molar-refractivity contribution is -0.136. The smallest absolute Gasteiger partial charge is 0.262 e. The van der Waals surface area contributed by atoms with Gasteiger partial charge in [0.25, 0.3) is 11.8 Å². The van der Waals surface area contributed by atoms with Crippen molar-refractivity contribution in [2.45, 2.75) is 44.2 Å². The molecule has 6 rings (SSSR count). The van der Waals surface area contributed by atoms with Crippen molar-refractivity contribution >= 4 is 29.3 Å². The number of nitrogens with one attached hydrogen (secondary N) is 1. The number of benzene rings is 2. The van der Waals surface area contributed by atoms with Gasteiger partial charge in [-0.3, -0.25) is 29.4 Å². The minimum absolute atomic E-state index is 0.0344. The Kier molecular flexibility index (Phi) is 4.64. The maximum atomic E-state index is 13.1. The summed E-state index contributed by atoms with van der Waals surface area (Å²) in [5.74, 6) is -1.93. The van der Waals surface area contributed by atoms with Gasteiger partial charge < -0.3 is 10.6 Å². The second-order valence-corrected chi connectivity index (χ2v) is 9.88. The van der Waals surface area contributed by atoms with E-state index in [1.165, 1.54) is 11.1 Å². The van der Waals surface area contributed by atoms with E-state index >= 15 is 0 Å². The average Bonchev–Trinajstić information content (AvgIpc) is 3.25. The highest BCUT2D eigenvalue weighted by Gasteiger charge is 2.47. The molecule has 4 aliphatic rings. The quantitative estimate of drug-likeness (QED) is 0.665. The van der Waals surface area contributed by atoms with Crippen LogP contribution in [0.25, 0.3) is 0 Å². The first-order chi connectivity index (χ1) is 16.4. The molecule has 0 radical (unpaired) electrons. The van der Waals surface area contributed by atoms with Crippen molar-refractivity contribution in [2.24, 2.45) is 11.1 Å². The largest absolute Gasteiger partial charge is 0.371 e. The third-order valence-corrected chi connectivity index (χ3v) is 8.14. The second-order valence-electron chi connectivity index (χ2n) is 9.88. The number of carbonyl (C=O) groups excluding carboxylic acids is 4. The van der Waals surface area contributed by atoms with Crippen LogP contribution in [0.2, 0.25) is 0 Å². The Bertz CT molecular complexity index is 1250. The van der Waals surface area contributed by atoms with Crippen LogP contribution in [0.5, 0.6) is 0 Å². The molecular formula is C26H26N4O4. The Morgan fingerprint density at radius 3 is 2.41 bits per heavy atom. The van der Waals surface area contributed by atoms with Crippen molar-refractivity contribution in [3.8, 4) is 0 Å².